The van der Waals surface area contributed by atoms with Crippen molar-refractivity contribution in [3.05, 3.63) is 0 Å². The zero-order chi connectivity index (χ0) is 11.3. The summed E-state index contributed by atoms with van der Waals surface area (Å²) < 4.78 is 0. The Hall–Kier alpha value is -0.370. The smallest absolute Gasteiger partial charge is 0.138 e. The van der Waals surface area contributed by atoms with Crippen LogP contribution in [0.5, 0.6) is 0 Å². The molecule has 0 aliphatic heterocycles. The van der Waals surface area contributed by atoms with Crippen molar-refractivity contribution < 1.29 is 9.90 Å². The minimum absolute atomic E-state index is 0.159. The molecule has 1 rings (SSSR count). The van der Waals surface area contributed by atoms with E-state index in [4.69, 9.17) is 0 Å². The molecule has 88 valence electrons. The first-order chi connectivity index (χ1) is 7.20. The highest BCUT2D eigenvalue weighted by Crippen LogP contribution is 2.36. The van der Waals surface area contributed by atoms with E-state index in [-0.39, 0.29) is 17.9 Å². The molecule has 0 saturated heterocycles. The SMILES string of the molecule is CCCC[C@H]1[C@H](O)CC(=O)[C@@H]1CCCC. The lowest BCUT2D eigenvalue weighted by Gasteiger charge is -2.20. The van der Waals surface area contributed by atoms with Crippen LogP contribution in [0, 0.1) is 11.8 Å². The number of Topliss-reactive ketones (excluding diaryl/α,β-unsaturated/α-hetero) is 1. The predicted molar refractivity (Wildman–Crippen MR) is 61.7 cm³/mol. The Balaban J connectivity index is 2.50. The molecule has 1 aliphatic rings. The Bertz CT molecular complexity index is 201. The van der Waals surface area contributed by atoms with E-state index in [1.54, 1.807) is 0 Å². The van der Waals surface area contributed by atoms with Gasteiger partial charge in [-0.25, -0.2) is 0 Å². The number of aliphatic hydroxyl groups is 1. The van der Waals surface area contributed by atoms with Crippen molar-refractivity contribution in [2.24, 2.45) is 11.8 Å². The number of aliphatic hydroxyl groups excluding tert-OH is 1. The number of ketones is 1. The van der Waals surface area contributed by atoms with Crippen molar-refractivity contribution in [1.82, 2.24) is 0 Å². The summed E-state index contributed by atoms with van der Waals surface area (Å²) in [6.45, 7) is 4.31. The van der Waals surface area contributed by atoms with Gasteiger partial charge in [0.05, 0.1) is 6.10 Å². The lowest BCUT2D eigenvalue weighted by Crippen LogP contribution is -2.20. The Kier molecular flexibility index (Phi) is 5.30. The first-order valence-electron chi connectivity index (χ1n) is 6.41. The van der Waals surface area contributed by atoms with Crippen molar-refractivity contribution in [1.29, 1.82) is 0 Å². The van der Waals surface area contributed by atoms with Gasteiger partial charge in [-0.3, -0.25) is 4.79 Å². The van der Waals surface area contributed by atoms with Crippen LogP contribution in [0.25, 0.3) is 0 Å². The van der Waals surface area contributed by atoms with Gasteiger partial charge in [0.15, 0.2) is 0 Å². The van der Waals surface area contributed by atoms with Crippen molar-refractivity contribution in [2.45, 2.75) is 64.9 Å². The largest absolute Gasteiger partial charge is 0.392 e. The second-order valence-electron chi connectivity index (χ2n) is 4.79. The first-order valence-corrected chi connectivity index (χ1v) is 6.41. The van der Waals surface area contributed by atoms with Crippen LogP contribution < -0.4 is 0 Å². The summed E-state index contributed by atoms with van der Waals surface area (Å²) in [6.07, 6.45) is 6.61. The van der Waals surface area contributed by atoms with Crippen molar-refractivity contribution >= 4 is 5.78 Å². The molecule has 0 spiro atoms. The molecule has 0 heterocycles. The molecule has 0 aromatic heterocycles. The Morgan fingerprint density at radius 3 is 2.40 bits per heavy atom. The fraction of sp³-hybridized carbons (Fsp3) is 0.923. The fourth-order valence-electron chi connectivity index (χ4n) is 2.65. The summed E-state index contributed by atoms with van der Waals surface area (Å²) in [5.41, 5.74) is 0. The van der Waals surface area contributed by atoms with Gasteiger partial charge in [-0.2, -0.15) is 0 Å². The van der Waals surface area contributed by atoms with Crippen LogP contribution in [0.2, 0.25) is 0 Å². The van der Waals surface area contributed by atoms with Crippen molar-refractivity contribution in [3.63, 3.8) is 0 Å². The molecule has 1 aliphatic carbocycles. The summed E-state index contributed by atoms with van der Waals surface area (Å²) in [4.78, 5) is 11.7. The normalized spacial score (nSPS) is 31.1. The molecule has 0 bridgehead atoms. The number of unbranched alkanes of at least 4 members (excludes halogenated alkanes) is 2. The van der Waals surface area contributed by atoms with E-state index in [0.717, 1.165) is 38.5 Å². The molecule has 0 unspecified atom stereocenters. The summed E-state index contributed by atoms with van der Waals surface area (Å²) in [7, 11) is 0. The third kappa shape index (κ3) is 3.30. The second-order valence-corrected chi connectivity index (χ2v) is 4.79. The quantitative estimate of drug-likeness (QED) is 0.735. The average Bonchev–Trinajstić information content (AvgIpc) is 2.47. The van der Waals surface area contributed by atoms with Crippen LogP contribution >= 0.6 is 0 Å². The Morgan fingerprint density at radius 1 is 1.20 bits per heavy atom. The lowest BCUT2D eigenvalue weighted by molar-refractivity contribution is -0.121. The van der Waals surface area contributed by atoms with Gasteiger partial charge in [0, 0.05) is 12.3 Å². The van der Waals surface area contributed by atoms with Crippen LogP contribution in [0.4, 0.5) is 0 Å². The number of hydrogen-bond acceptors (Lipinski definition) is 2. The van der Waals surface area contributed by atoms with E-state index in [0.29, 0.717) is 12.2 Å². The predicted octanol–water partition coefficient (Wildman–Crippen LogP) is 2.93. The van der Waals surface area contributed by atoms with Gasteiger partial charge in [0.2, 0.25) is 0 Å². The number of carbonyl (C=O) groups excluding carboxylic acids is 1. The van der Waals surface area contributed by atoms with Crippen LogP contribution in [0.3, 0.4) is 0 Å². The van der Waals surface area contributed by atoms with Crippen molar-refractivity contribution in [3.8, 4) is 0 Å². The van der Waals surface area contributed by atoms with Crippen LogP contribution in [-0.4, -0.2) is 17.0 Å². The van der Waals surface area contributed by atoms with Gasteiger partial charge < -0.3 is 5.11 Å². The molecule has 3 atom stereocenters. The highest BCUT2D eigenvalue weighted by atomic mass is 16.3. The van der Waals surface area contributed by atoms with Crippen LogP contribution in [-0.2, 0) is 4.79 Å². The highest BCUT2D eigenvalue weighted by Gasteiger charge is 2.40. The van der Waals surface area contributed by atoms with E-state index in [1.807, 2.05) is 0 Å². The van der Waals surface area contributed by atoms with E-state index in [2.05, 4.69) is 13.8 Å². The van der Waals surface area contributed by atoms with Gasteiger partial charge in [-0.15, -0.1) is 0 Å². The van der Waals surface area contributed by atoms with Crippen molar-refractivity contribution in [2.75, 3.05) is 0 Å². The minimum atomic E-state index is -0.356. The minimum Gasteiger partial charge on any atom is -0.392 e. The third-order valence-corrected chi connectivity index (χ3v) is 3.59. The average molecular weight is 212 g/mol. The van der Waals surface area contributed by atoms with Gasteiger partial charge in [0.1, 0.15) is 5.78 Å². The van der Waals surface area contributed by atoms with E-state index >= 15 is 0 Å². The molecule has 2 nitrogen and oxygen atoms in total. The molecule has 2 heteroatoms. The molecule has 0 radical (unpaired) electrons. The van der Waals surface area contributed by atoms with E-state index in [1.165, 1.54) is 0 Å². The van der Waals surface area contributed by atoms with E-state index < -0.39 is 0 Å². The fourth-order valence-corrected chi connectivity index (χ4v) is 2.65. The molecule has 0 aromatic rings. The van der Waals surface area contributed by atoms with Gasteiger partial charge in [-0.1, -0.05) is 39.5 Å². The van der Waals surface area contributed by atoms with Gasteiger partial charge in [-0.05, 0) is 18.8 Å². The maximum Gasteiger partial charge on any atom is 0.138 e. The molecule has 1 N–H and O–H groups in total. The third-order valence-electron chi connectivity index (χ3n) is 3.59. The Labute approximate surface area is 93.1 Å². The monoisotopic (exact) mass is 212 g/mol. The maximum absolute atomic E-state index is 11.7. The molecule has 0 amide bonds. The highest BCUT2D eigenvalue weighted by molar-refractivity contribution is 5.84. The number of carbonyl (C=O) groups is 1. The number of hydrogen-bond donors (Lipinski definition) is 1. The molecule has 1 saturated carbocycles. The molecule has 1 fully saturated rings. The van der Waals surface area contributed by atoms with Crippen LogP contribution in [0.1, 0.15) is 58.8 Å². The summed E-state index contributed by atoms with van der Waals surface area (Å²) in [5.74, 6) is 0.715. The topological polar surface area (TPSA) is 37.3 Å². The molecule has 15 heavy (non-hydrogen) atoms. The number of rotatable bonds is 6. The van der Waals surface area contributed by atoms with E-state index in [9.17, 15) is 9.90 Å². The molecule has 0 aromatic carbocycles. The first kappa shape index (κ1) is 12.7. The standard InChI is InChI=1S/C13H24O2/c1-3-5-7-10-11(8-6-4-2)13(15)9-12(10)14/h10-12,14H,3-9H2,1-2H3/t10-,11-,12-/m1/s1. The van der Waals surface area contributed by atoms with Gasteiger partial charge >= 0.3 is 0 Å². The summed E-state index contributed by atoms with van der Waals surface area (Å²) in [6, 6.07) is 0. The maximum atomic E-state index is 11.7. The van der Waals surface area contributed by atoms with Gasteiger partial charge in [0.25, 0.3) is 0 Å². The molecular weight excluding hydrogens is 188 g/mol. The lowest BCUT2D eigenvalue weighted by atomic mass is 9.86. The van der Waals surface area contributed by atoms with Crippen LogP contribution in [0.15, 0.2) is 0 Å². The Morgan fingerprint density at radius 2 is 1.80 bits per heavy atom. The zero-order valence-corrected chi connectivity index (χ0v) is 10.0. The summed E-state index contributed by atoms with van der Waals surface area (Å²) in [5, 5.41) is 9.83. The second kappa shape index (κ2) is 6.26. The summed E-state index contributed by atoms with van der Waals surface area (Å²) >= 11 is 0. The molecular formula is C13H24O2. The zero-order valence-electron chi connectivity index (χ0n) is 10.0.